The van der Waals surface area contributed by atoms with Crippen LogP contribution in [0.5, 0.6) is 0 Å². The van der Waals surface area contributed by atoms with Gasteiger partial charge in [-0.05, 0) is 36.8 Å². The van der Waals surface area contributed by atoms with Crippen molar-refractivity contribution in [2.75, 3.05) is 31.1 Å². The highest BCUT2D eigenvalue weighted by atomic mass is 19.4. The van der Waals surface area contributed by atoms with Crippen molar-refractivity contribution in [3.63, 3.8) is 0 Å². The number of benzene rings is 2. The number of hydrogen-bond donors (Lipinski definition) is 0. The second-order valence-corrected chi connectivity index (χ2v) is 6.65. The van der Waals surface area contributed by atoms with Gasteiger partial charge in [-0.1, -0.05) is 18.2 Å². The van der Waals surface area contributed by atoms with Gasteiger partial charge in [0.25, 0.3) is 0 Å². The molecule has 0 N–H and O–H groups in total. The fourth-order valence-electron chi connectivity index (χ4n) is 3.33. The van der Waals surface area contributed by atoms with E-state index in [9.17, 15) is 22.4 Å². The largest absolute Gasteiger partial charge is 0.416 e. The normalized spacial score (nSPS) is 15.8. The van der Waals surface area contributed by atoms with Crippen LogP contribution < -0.4 is 4.90 Å². The maximum atomic E-state index is 14.0. The summed E-state index contributed by atoms with van der Waals surface area (Å²) in [5.41, 5.74) is 0.857. The van der Waals surface area contributed by atoms with E-state index in [1.807, 2.05) is 4.90 Å². The summed E-state index contributed by atoms with van der Waals surface area (Å²) >= 11 is 0. The average Bonchev–Trinajstić information content (AvgIpc) is 2.61. The molecule has 0 amide bonds. The second kappa shape index (κ2) is 7.68. The minimum atomic E-state index is -4.33. The van der Waals surface area contributed by atoms with E-state index in [0.717, 1.165) is 17.7 Å². The van der Waals surface area contributed by atoms with Gasteiger partial charge in [-0.15, -0.1) is 0 Å². The molecule has 3 nitrogen and oxygen atoms in total. The molecule has 0 atom stereocenters. The first-order valence-corrected chi connectivity index (χ1v) is 8.68. The third kappa shape index (κ3) is 4.47. The fourth-order valence-corrected chi connectivity index (χ4v) is 3.33. The number of carbonyl (C=O) groups is 1. The summed E-state index contributed by atoms with van der Waals surface area (Å²) in [5.74, 6) is -0.831. The summed E-state index contributed by atoms with van der Waals surface area (Å²) in [6, 6.07) is 9.79. The number of nitrogens with zero attached hydrogens (tertiary/aromatic N) is 2. The molecule has 144 valence electrons. The molecular weight excluding hydrogens is 360 g/mol. The van der Waals surface area contributed by atoms with Crippen LogP contribution in [0.25, 0.3) is 0 Å². The molecule has 0 bridgehead atoms. The number of carbonyl (C=O) groups excluding carboxylic acids is 1. The van der Waals surface area contributed by atoms with Crippen molar-refractivity contribution in [2.45, 2.75) is 19.6 Å². The second-order valence-electron chi connectivity index (χ2n) is 6.65. The van der Waals surface area contributed by atoms with Crippen LogP contribution in [0.1, 0.15) is 28.4 Å². The van der Waals surface area contributed by atoms with Crippen molar-refractivity contribution >= 4 is 11.5 Å². The maximum absolute atomic E-state index is 14.0. The molecule has 2 aromatic carbocycles. The highest BCUT2D eigenvalue weighted by Gasteiger charge is 2.30. The van der Waals surface area contributed by atoms with Gasteiger partial charge in [-0.25, -0.2) is 4.39 Å². The summed E-state index contributed by atoms with van der Waals surface area (Å²) < 4.78 is 51.9. The van der Waals surface area contributed by atoms with E-state index in [1.165, 1.54) is 25.1 Å². The highest BCUT2D eigenvalue weighted by Crippen LogP contribution is 2.29. The van der Waals surface area contributed by atoms with Gasteiger partial charge in [0.15, 0.2) is 5.78 Å². The molecule has 7 heteroatoms. The molecule has 1 aliphatic heterocycles. The molecular formula is C20H20F4N2O. The third-order valence-corrected chi connectivity index (χ3v) is 4.74. The van der Waals surface area contributed by atoms with Crippen LogP contribution in [0, 0.1) is 5.82 Å². The van der Waals surface area contributed by atoms with E-state index in [2.05, 4.69) is 4.90 Å². The average molecular weight is 380 g/mol. The Balaban J connectivity index is 1.63. The lowest BCUT2D eigenvalue weighted by Crippen LogP contribution is -2.46. The Hall–Kier alpha value is -2.41. The summed E-state index contributed by atoms with van der Waals surface area (Å²) in [5, 5.41) is 0. The molecule has 27 heavy (non-hydrogen) atoms. The van der Waals surface area contributed by atoms with Crippen molar-refractivity contribution in [1.82, 2.24) is 4.90 Å². The first-order valence-electron chi connectivity index (χ1n) is 8.68. The first kappa shape index (κ1) is 19.4. The summed E-state index contributed by atoms with van der Waals surface area (Å²) in [7, 11) is 0. The summed E-state index contributed by atoms with van der Waals surface area (Å²) in [6.07, 6.45) is -4.33. The summed E-state index contributed by atoms with van der Waals surface area (Å²) in [4.78, 5) is 15.9. The number of anilines is 1. The van der Waals surface area contributed by atoms with E-state index >= 15 is 0 Å². The minimum absolute atomic E-state index is 0.105. The zero-order valence-electron chi connectivity index (χ0n) is 14.9. The number of halogens is 4. The van der Waals surface area contributed by atoms with E-state index < -0.39 is 17.6 Å². The van der Waals surface area contributed by atoms with Gasteiger partial charge in [-0.2, -0.15) is 13.2 Å². The van der Waals surface area contributed by atoms with Crippen LogP contribution in [0.2, 0.25) is 0 Å². The number of alkyl halides is 3. The molecule has 3 rings (SSSR count). The maximum Gasteiger partial charge on any atom is 0.416 e. The predicted molar refractivity (Wildman–Crippen MR) is 95.3 cm³/mol. The lowest BCUT2D eigenvalue weighted by atomic mass is 10.1. The quantitative estimate of drug-likeness (QED) is 0.581. The number of Topliss-reactive ketones (excluding diaryl/α,β-unsaturated/α-hetero) is 1. The molecule has 2 aromatic rings. The van der Waals surface area contributed by atoms with Gasteiger partial charge in [0.05, 0.1) is 16.8 Å². The Bertz CT molecular complexity index is 810. The third-order valence-electron chi connectivity index (χ3n) is 4.74. The predicted octanol–water partition coefficient (Wildman–Crippen LogP) is 4.37. The Morgan fingerprint density at radius 2 is 1.63 bits per heavy atom. The van der Waals surface area contributed by atoms with Crippen molar-refractivity contribution < 1.29 is 22.4 Å². The minimum Gasteiger partial charge on any atom is -0.368 e. The van der Waals surface area contributed by atoms with Gasteiger partial charge < -0.3 is 4.90 Å². The molecule has 0 saturated carbocycles. The van der Waals surface area contributed by atoms with Gasteiger partial charge in [0.2, 0.25) is 0 Å². The van der Waals surface area contributed by atoms with E-state index in [0.29, 0.717) is 38.4 Å². The topological polar surface area (TPSA) is 23.6 Å². The van der Waals surface area contributed by atoms with Crippen LogP contribution in [-0.4, -0.2) is 36.9 Å². The van der Waals surface area contributed by atoms with Gasteiger partial charge >= 0.3 is 6.18 Å². The lowest BCUT2D eigenvalue weighted by Gasteiger charge is -2.36. The van der Waals surface area contributed by atoms with Gasteiger partial charge in [-0.3, -0.25) is 9.69 Å². The zero-order valence-corrected chi connectivity index (χ0v) is 14.9. The number of piperazine rings is 1. The van der Waals surface area contributed by atoms with Crippen LogP contribution in [0.15, 0.2) is 42.5 Å². The molecule has 1 saturated heterocycles. The number of hydrogen-bond acceptors (Lipinski definition) is 3. The molecule has 1 aliphatic rings. The van der Waals surface area contributed by atoms with E-state index in [-0.39, 0.29) is 11.3 Å². The Morgan fingerprint density at radius 3 is 2.19 bits per heavy atom. The van der Waals surface area contributed by atoms with E-state index in [1.54, 1.807) is 12.1 Å². The van der Waals surface area contributed by atoms with Crippen LogP contribution >= 0.6 is 0 Å². The molecule has 0 spiro atoms. The Labute approximate surface area is 155 Å². The van der Waals surface area contributed by atoms with Gasteiger partial charge in [0.1, 0.15) is 5.82 Å². The standard InChI is InChI=1S/C20H20F4N2O/c1-14(27)19-17(21)3-2-4-18(19)26-11-9-25(10-12-26)13-15-5-7-16(8-6-15)20(22,23)24/h2-8H,9-13H2,1H3. The lowest BCUT2D eigenvalue weighted by molar-refractivity contribution is -0.137. The monoisotopic (exact) mass is 380 g/mol. The first-order chi connectivity index (χ1) is 12.8. The molecule has 1 heterocycles. The smallest absolute Gasteiger partial charge is 0.368 e. The van der Waals surface area contributed by atoms with Crippen LogP contribution in [0.3, 0.4) is 0 Å². The van der Waals surface area contributed by atoms with Crippen molar-refractivity contribution in [1.29, 1.82) is 0 Å². The Morgan fingerprint density at radius 1 is 1.00 bits per heavy atom. The fraction of sp³-hybridized carbons (Fsp3) is 0.350. The van der Waals surface area contributed by atoms with E-state index in [4.69, 9.17) is 0 Å². The molecule has 0 aliphatic carbocycles. The molecule has 0 aromatic heterocycles. The van der Waals surface area contributed by atoms with Crippen LogP contribution in [0.4, 0.5) is 23.2 Å². The SMILES string of the molecule is CC(=O)c1c(F)cccc1N1CCN(Cc2ccc(C(F)(F)F)cc2)CC1. The molecule has 0 unspecified atom stereocenters. The Kier molecular flexibility index (Phi) is 5.51. The number of ketones is 1. The molecule has 0 radical (unpaired) electrons. The highest BCUT2D eigenvalue weighted by molar-refractivity contribution is 6.00. The van der Waals surface area contributed by atoms with Crippen molar-refractivity contribution in [3.05, 3.63) is 65.0 Å². The van der Waals surface area contributed by atoms with Crippen molar-refractivity contribution in [3.8, 4) is 0 Å². The van der Waals surface area contributed by atoms with Crippen molar-refractivity contribution in [2.24, 2.45) is 0 Å². The zero-order chi connectivity index (χ0) is 19.6. The van der Waals surface area contributed by atoms with Crippen LogP contribution in [-0.2, 0) is 12.7 Å². The molecule has 1 fully saturated rings. The van der Waals surface area contributed by atoms with Gasteiger partial charge in [0, 0.05) is 32.7 Å². The summed E-state index contributed by atoms with van der Waals surface area (Å²) in [6.45, 7) is 4.48. The number of rotatable bonds is 4.